The first-order valence-corrected chi connectivity index (χ1v) is 9.31. The molecule has 0 aliphatic rings. The second kappa shape index (κ2) is 9.48. The van der Waals surface area contributed by atoms with Crippen molar-refractivity contribution in [1.82, 2.24) is 0 Å². The van der Waals surface area contributed by atoms with E-state index in [1.54, 1.807) is 6.07 Å². The topological polar surface area (TPSA) is 44.4 Å². The quantitative estimate of drug-likeness (QED) is 0.640. The van der Waals surface area contributed by atoms with Crippen LogP contribution >= 0.6 is 0 Å². The highest BCUT2D eigenvalue weighted by Gasteiger charge is 2.30. The Bertz CT molecular complexity index is 802. The fraction of sp³-hybridized carbons (Fsp3) is 0.381. The minimum atomic E-state index is -4.39. The summed E-state index contributed by atoms with van der Waals surface area (Å²) in [7, 11) is 0. The maximum atomic E-state index is 12.7. The normalized spacial score (nSPS) is 11.2. The van der Waals surface area contributed by atoms with Crippen molar-refractivity contribution in [1.29, 1.82) is 0 Å². The van der Waals surface area contributed by atoms with Crippen LogP contribution in [0.3, 0.4) is 0 Å². The van der Waals surface area contributed by atoms with E-state index >= 15 is 0 Å². The van der Waals surface area contributed by atoms with Crippen LogP contribution in [0, 0.1) is 6.92 Å². The summed E-state index contributed by atoms with van der Waals surface area (Å²) in [6, 6.07) is 10.8. The molecule has 2 aromatic carbocycles. The summed E-state index contributed by atoms with van der Waals surface area (Å²) in [5.74, 6) is -0.196. The van der Waals surface area contributed by atoms with Crippen molar-refractivity contribution in [2.45, 2.75) is 33.4 Å². The Morgan fingerprint density at radius 1 is 1.07 bits per heavy atom. The third-order valence-electron chi connectivity index (χ3n) is 4.48. The summed E-state index contributed by atoms with van der Waals surface area (Å²) in [6.45, 7) is 8.16. The van der Waals surface area contributed by atoms with Crippen LogP contribution in [0.15, 0.2) is 42.5 Å². The zero-order chi connectivity index (χ0) is 20.7. The maximum Gasteiger partial charge on any atom is 0.416 e. The molecule has 0 fully saturated rings. The number of carbonyl (C=O) groups is 1. The summed E-state index contributed by atoms with van der Waals surface area (Å²) >= 11 is 0. The molecule has 0 spiro atoms. The van der Waals surface area contributed by atoms with E-state index in [9.17, 15) is 18.0 Å². The second-order valence-corrected chi connectivity index (χ2v) is 6.48. The highest BCUT2D eigenvalue weighted by atomic mass is 19.4. The van der Waals surface area contributed by atoms with Gasteiger partial charge in [0.15, 0.2) is 0 Å². The Hall–Kier alpha value is -2.70. The van der Waals surface area contributed by atoms with Crippen LogP contribution in [0.5, 0.6) is 0 Å². The van der Waals surface area contributed by atoms with Crippen molar-refractivity contribution in [3.05, 3.63) is 53.6 Å². The van der Waals surface area contributed by atoms with Gasteiger partial charge >= 0.3 is 6.18 Å². The molecule has 152 valence electrons. The monoisotopic (exact) mass is 393 g/mol. The molecule has 0 bridgehead atoms. The van der Waals surface area contributed by atoms with Crippen molar-refractivity contribution in [3.8, 4) is 0 Å². The average Bonchev–Trinajstić information content (AvgIpc) is 2.64. The number of hydrogen-bond acceptors (Lipinski definition) is 3. The van der Waals surface area contributed by atoms with Crippen LogP contribution in [0.4, 0.5) is 30.2 Å². The van der Waals surface area contributed by atoms with Gasteiger partial charge in [0.25, 0.3) is 0 Å². The fourth-order valence-corrected chi connectivity index (χ4v) is 2.91. The lowest BCUT2D eigenvalue weighted by molar-refractivity contribution is -0.137. The summed E-state index contributed by atoms with van der Waals surface area (Å²) in [5, 5.41) is 5.72. The largest absolute Gasteiger partial charge is 0.416 e. The van der Waals surface area contributed by atoms with E-state index in [1.807, 2.05) is 25.1 Å². The van der Waals surface area contributed by atoms with Gasteiger partial charge in [0.1, 0.15) is 0 Å². The Morgan fingerprint density at radius 3 is 2.39 bits per heavy atom. The molecule has 0 aliphatic carbocycles. The minimum absolute atomic E-state index is 0.146. The molecule has 0 heterocycles. The van der Waals surface area contributed by atoms with Crippen LogP contribution in [0.25, 0.3) is 0 Å². The second-order valence-electron chi connectivity index (χ2n) is 6.48. The molecule has 7 heteroatoms. The Kier molecular flexibility index (Phi) is 7.31. The highest BCUT2D eigenvalue weighted by Crippen LogP contribution is 2.30. The molecule has 0 saturated carbocycles. The van der Waals surface area contributed by atoms with Gasteiger partial charge in [-0.1, -0.05) is 6.07 Å². The highest BCUT2D eigenvalue weighted by molar-refractivity contribution is 5.92. The SMILES string of the molecule is CCN(CC)c1ccc(NC(=O)CCNc2cccc(C(F)(F)F)c2)c(C)c1. The van der Waals surface area contributed by atoms with Crippen LogP contribution in [0.2, 0.25) is 0 Å². The van der Waals surface area contributed by atoms with Gasteiger partial charge in [-0.05, 0) is 62.7 Å². The van der Waals surface area contributed by atoms with E-state index in [1.165, 1.54) is 6.07 Å². The minimum Gasteiger partial charge on any atom is -0.385 e. The molecule has 28 heavy (non-hydrogen) atoms. The van der Waals surface area contributed by atoms with Crippen molar-refractivity contribution >= 4 is 23.0 Å². The average molecular weight is 393 g/mol. The molecular formula is C21H26F3N3O. The van der Waals surface area contributed by atoms with Crippen LogP contribution in [0.1, 0.15) is 31.4 Å². The van der Waals surface area contributed by atoms with Crippen molar-refractivity contribution < 1.29 is 18.0 Å². The number of aryl methyl sites for hydroxylation is 1. The van der Waals surface area contributed by atoms with E-state index in [-0.39, 0.29) is 18.9 Å². The lowest BCUT2D eigenvalue weighted by atomic mass is 10.1. The lowest BCUT2D eigenvalue weighted by Crippen LogP contribution is -2.22. The smallest absolute Gasteiger partial charge is 0.385 e. The van der Waals surface area contributed by atoms with E-state index in [2.05, 4.69) is 29.4 Å². The molecule has 2 rings (SSSR count). The molecule has 1 amide bonds. The number of nitrogens with one attached hydrogen (secondary N) is 2. The van der Waals surface area contributed by atoms with E-state index in [0.29, 0.717) is 5.69 Å². The zero-order valence-corrected chi connectivity index (χ0v) is 16.4. The lowest BCUT2D eigenvalue weighted by Gasteiger charge is -2.22. The van der Waals surface area contributed by atoms with Gasteiger partial charge in [0.2, 0.25) is 5.91 Å². The Balaban J connectivity index is 1.89. The number of rotatable bonds is 8. The van der Waals surface area contributed by atoms with Crippen molar-refractivity contribution in [2.24, 2.45) is 0 Å². The fourth-order valence-electron chi connectivity index (χ4n) is 2.91. The third kappa shape index (κ3) is 5.90. The third-order valence-corrected chi connectivity index (χ3v) is 4.48. The standard InChI is InChI=1S/C21H26F3N3O/c1-4-27(5-2)18-9-10-19(15(3)13-18)26-20(28)11-12-25-17-8-6-7-16(14-17)21(22,23)24/h6-10,13-14,25H,4-5,11-12H2,1-3H3,(H,26,28). The first kappa shape index (κ1) is 21.6. The number of carbonyl (C=O) groups excluding carboxylic acids is 1. The molecule has 0 aromatic heterocycles. The first-order chi connectivity index (χ1) is 13.2. The Morgan fingerprint density at radius 2 is 1.79 bits per heavy atom. The van der Waals surface area contributed by atoms with Gasteiger partial charge in [-0.25, -0.2) is 0 Å². The van der Waals surface area contributed by atoms with Crippen molar-refractivity contribution in [2.75, 3.05) is 35.2 Å². The number of anilines is 3. The molecule has 0 aliphatic heterocycles. The number of alkyl halides is 3. The van der Waals surface area contributed by atoms with Gasteiger partial charge in [-0.2, -0.15) is 13.2 Å². The predicted octanol–water partition coefficient (Wildman–Crippen LogP) is 5.30. The molecule has 0 radical (unpaired) electrons. The number of nitrogens with zero attached hydrogens (tertiary/aromatic N) is 1. The van der Waals surface area contributed by atoms with E-state index < -0.39 is 11.7 Å². The molecule has 4 nitrogen and oxygen atoms in total. The van der Waals surface area contributed by atoms with E-state index in [4.69, 9.17) is 0 Å². The number of hydrogen-bond donors (Lipinski definition) is 2. The van der Waals surface area contributed by atoms with Gasteiger partial charge in [-0.3, -0.25) is 4.79 Å². The van der Waals surface area contributed by atoms with E-state index in [0.717, 1.165) is 42.2 Å². The molecule has 0 saturated heterocycles. The molecular weight excluding hydrogens is 367 g/mol. The van der Waals surface area contributed by atoms with Gasteiger partial charge in [-0.15, -0.1) is 0 Å². The van der Waals surface area contributed by atoms with Gasteiger partial charge in [0, 0.05) is 43.1 Å². The maximum absolute atomic E-state index is 12.7. The first-order valence-electron chi connectivity index (χ1n) is 9.31. The van der Waals surface area contributed by atoms with Crippen LogP contribution in [-0.2, 0) is 11.0 Å². The van der Waals surface area contributed by atoms with Crippen LogP contribution in [-0.4, -0.2) is 25.5 Å². The van der Waals surface area contributed by atoms with Crippen LogP contribution < -0.4 is 15.5 Å². The number of halogens is 3. The molecule has 2 N–H and O–H groups in total. The summed E-state index contributed by atoms with van der Waals surface area (Å²) in [6.07, 6.45) is -4.24. The number of amides is 1. The van der Waals surface area contributed by atoms with Gasteiger partial charge < -0.3 is 15.5 Å². The predicted molar refractivity (Wildman–Crippen MR) is 108 cm³/mol. The van der Waals surface area contributed by atoms with Crippen molar-refractivity contribution in [3.63, 3.8) is 0 Å². The zero-order valence-electron chi connectivity index (χ0n) is 16.4. The summed E-state index contributed by atoms with van der Waals surface area (Å²) in [4.78, 5) is 14.4. The Labute approximate surface area is 163 Å². The summed E-state index contributed by atoms with van der Waals surface area (Å²) < 4.78 is 38.2. The molecule has 0 atom stereocenters. The van der Waals surface area contributed by atoms with Gasteiger partial charge in [0.05, 0.1) is 5.56 Å². The molecule has 0 unspecified atom stereocenters. The molecule has 2 aromatic rings. The summed E-state index contributed by atoms with van der Waals surface area (Å²) in [5.41, 5.74) is 2.42. The number of benzene rings is 2.